The van der Waals surface area contributed by atoms with Gasteiger partial charge in [-0.3, -0.25) is 14.3 Å². The summed E-state index contributed by atoms with van der Waals surface area (Å²) in [5.41, 5.74) is 3.92. The number of aromatic nitrogens is 4. The van der Waals surface area contributed by atoms with Gasteiger partial charge in [-0.05, 0) is 39.3 Å². The van der Waals surface area contributed by atoms with Crippen LogP contribution in [0, 0.1) is 20.8 Å². The summed E-state index contributed by atoms with van der Waals surface area (Å²) in [7, 11) is 0. The number of imidazole rings is 1. The van der Waals surface area contributed by atoms with Gasteiger partial charge in [-0.25, -0.2) is 4.98 Å². The SMILES string of the molecule is CC(=O)c1c(C)nn(CC(=O)NCc2ccccc2-n2ccnc2C)c1C. The van der Waals surface area contributed by atoms with Crippen molar-refractivity contribution in [2.45, 2.75) is 40.8 Å². The maximum Gasteiger partial charge on any atom is 0.242 e. The van der Waals surface area contributed by atoms with Crippen LogP contribution in [0.2, 0.25) is 0 Å². The van der Waals surface area contributed by atoms with Gasteiger partial charge >= 0.3 is 0 Å². The fourth-order valence-electron chi connectivity index (χ4n) is 3.27. The van der Waals surface area contributed by atoms with Crippen LogP contribution in [0.3, 0.4) is 0 Å². The van der Waals surface area contributed by atoms with E-state index in [4.69, 9.17) is 0 Å². The Kier molecular flexibility index (Phi) is 5.21. The molecule has 0 saturated carbocycles. The average molecular weight is 365 g/mol. The Morgan fingerprint density at radius 1 is 1.15 bits per heavy atom. The number of rotatable bonds is 6. The minimum Gasteiger partial charge on any atom is -0.350 e. The molecule has 1 amide bonds. The molecule has 2 heterocycles. The van der Waals surface area contributed by atoms with Crippen LogP contribution in [-0.4, -0.2) is 31.0 Å². The third kappa shape index (κ3) is 3.81. The summed E-state index contributed by atoms with van der Waals surface area (Å²) in [6.45, 7) is 7.50. The fraction of sp³-hybridized carbons (Fsp3) is 0.300. The molecule has 7 nitrogen and oxygen atoms in total. The summed E-state index contributed by atoms with van der Waals surface area (Å²) in [6, 6.07) is 7.87. The van der Waals surface area contributed by atoms with Gasteiger partial charge in [0, 0.05) is 24.6 Å². The van der Waals surface area contributed by atoms with Crippen molar-refractivity contribution in [1.29, 1.82) is 0 Å². The Labute approximate surface area is 158 Å². The van der Waals surface area contributed by atoms with Gasteiger partial charge in [0.15, 0.2) is 5.78 Å². The Morgan fingerprint density at radius 3 is 2.52 bits per heavy atom. The molecule has 3 aromatic rings. The maximum atomic E-state index is 12.4. The third-order valence-corrected chi connectivity index (χ3v) is 4.58. The minimum absolute atomic E-state index is 0.0405. The van der Waals surface area contributed by atoms with Gasteiger partial charge in [-0.1, -0.05) is 18.2 Å². The molecule has 7 heteroatoms. The lowest BCUT2D eigenvalue weighted by Crippen LogP contribution is -2.28. The van der Waals surface area contributed by atoms with E-state index in [1.54, 1.807) is 24.7 Å². The van der Waals surface area contributed by atoms with Crippen LogP contribution in [0.15, 0.2) is 36.7 Å². The van der Waals surface area contributed by atoms with Gasteiger partial charge in [0.05, 0.1) is 16.9 Å². The summed E-state index contributed by atoms with van der Waals surface area (Å²) >= 11 is 0. The summed E-state index contributed by atoms with van der Waals surface area (Å²) in [5, 5.41) is 7.25. The van der Waals surface area contributed by atoms with Crippen molar-refractivity contribution in [1.82, 2.24) is 24.6 Å². The Bertz CT molecular complexity index is 1000. The van der Waals surface area contributed by atoms with Crippen LogP contribution in [-0.2, 0) is 17.9 Å². The molecule has 0 fully saturated rings. The van der Waals surface area contributed by atoms with Gasteiger partial charge in [-0.2, -0.15) is 5.10 Å². The second kappa shape index (κ2) is 7.57. The molecule has 0 radical (unpaired) electrons. The molecule has 1 aromatic carbocycles. The number of para-hydroxylation sites is 1. The van der Waals surface area contributed by atoms with Gasteiger partial charge < -0.3 is 9.88 Å². The highest BCUT2D eigenvalue weighted by molar-refractivity contribution is 5.96. The lowest BCUT2D eigenvalue weighted by Gasteiger charge is -2.13. The van der Waals surface area contributed by atoms with E-state index in [0.29, 0.717) is 23.5 Å². The number of benzene rings is 1. The highest BCUT2D eigenvalue weighted by Gasteiger charge is 2.17. The molecule has 0 aliphatic rings. The zero-order valence-corrected chi connectivity index (χ0v) is 16.0. The minimum atomic E-state index is -0.159. The molecule has 0 atom stereocenters. The predicted octanol–water partition coefficient (Wildman–Crippen LogP) is 2.51. The summed E-state index contributed by atoms with van der Waals surface area (Å²) in [6.07, 6.45) is 3.65. The van der Waals surface area contributed by atoms with Crippen molar-refractivity contribution < 1.29 is 9.59 Å². The van der Waals surface area contributed by atoms with Crippen molar-refractivity contribution in [3.8, 4) is 5.69 Å². The van der Waals surface area contributed by atoms with Gasteiger partial charge in [0.2, 0.25) is 5.91 Å². The van der Waals surface area contributed by atoms with E-state index in [1.807, 2.05) is 42.0 Å². The molecule has 3 rings (SSSR count). The lowest BCUT2D eigenvalue weighted by atomic mass is 10.1. The van der Waals surface area contributed by atoms with E-state index >= 15 is 0 Å². The van der Waals surface area contributed by atoms with Crippen LogP contribution in [0.5, 0.6) is 0 Å². The lowest BCUT2D eigenvalue weighted by molar-refractivity contribution is -0.122. The van der Waals surface area contributed by atoms with Crippen LogP contribution >= 0.6 is 0 Å². The summed E-state index contributed by atoms with van der Waals surface area (Å²) in [4.78, 5) is 28.4. The first-order chi connectivity index (χ1) is 12.9. The predicted molar refractivity (Wildman–Crippen MR) is 102 cm³/mol. The largest absolute Gasteiger partial charge is 0.350 e. The number of carbonyl (C=O) groups excluding carboxylic acids is 2. The van der Waals surface area contributed by atoms with Gasteiger partial charge in [0.1, 0.15) is 12.4 Å². The number of ketones is 1. The first-order valence-corrected chi connectivity index (χ1v) is 8.78. The first kappa shape index (κ1) is 18.6. The molecular weight excluding hydrogens is 342 g/mol. The molecular formula is C20H23N5O2. The molecule has 0 unspecified atom stereocenters. The normalized spacial score (nSPS) is 10.8. The quantitative estimate of drug-likeness (QED) is 0.681. The van der Waals surface area contributed by atoms with E-state index in [-0.39, 0.29) is 18.2 Å². The third-order valence-electron chi connectivity index (χ3n) is 4.58. The van der Waals surface area contributed by atoms with Gasteiger partial charge in [0.25, 0.3) is 0 Å². The fourth-order valence-corrected chi connectivity index (χ4v) is 3.27. The standard InChI is InChI=1S/C20H23N5O2/c1-13-20(15(3)26)14(2)25(23-13)12-19(27)22-11-17-7-5-6-8-18(17)24-10-9-21-16(24)4/h5-10H,11-12H2,1-4H3,(H,22,27). The zero-order chi connectivity index (χ0) is 19.6. The van der Waals surface area contributed by atoms with Crippen LogP contribution in [0.4, 0.5) is 0 Å². The number of carbonyl (C=O) groups is 2. The second-order valence-corrected chi connectivity index (χ2v) is 6.51. The average Bonchev–Trinajstić information content (AvgIpc) is 3.16. The molecule has 140 valence electrons. The van der Waals surface area contributed by atoms with Crippen LogP contribution < -0.4 is 5.32 Å². The van der Waals surface area contributed by atoms with Gasteiger partial charge in [-0.15, -0.1) is 0 Å². The van der Waals surface area contributed by atoms with E-state index < -0.39 is 0 Å². The molecule has 2 aromatic heterocycles. The Morgan fingerprint density at radius 2 is 1.89 bits per heavy atom. The number of hydrogen-bond acceptors (Lipinski definition) is 4. The topological polar surface area (TPSA) is 81.8 Å². The van der Waals surface area contributed by atoms with Crippen molar-refractivity contribution in [3.05, 3.63) is 65.0 Å². The molecule has 0 aliphatic carbocycles. The van der Waals surface area contributed by atoms with E-state index in [0.717, 1.165) is 17.1 Å². The Balaban J connectivity index is 1.72. The number of hydrogen-bond donors (Lipinski definition) is 1. The monoisotopic (exact) mass is 365 g/mol. The van der Waals surface area contributed by atoms with Crippen LogP contribution in [0.1, 0.15) is 40.1 Å². The molecule has 0 saturated heterocycles. The smallest absolute Gasteiger partial charge is 0.242 e. The van der Waals surface area contributed by atoms with E-state index in [1.165, 1.54) is 6.92 Å². The first-order valence-electron chi connectivity index (χ1n) is 8.78. The summed E-state index contributed by atoms with van der Waals surface area (Å²) < 4.78 is 3.56. The second-order valence-electron chi connectivity index (χ2n) is 6.51. The molecule has 1 N–H and O–H groups in total. The Hall–Kier alpha value is -3.22. The highest BCUT2D eigenvalue weighted by atomic mass is 16.2. The van der Waals surface area contributed by atoms with Crippen molar-refractivity contribution >= 4 is 11.7 Å². The van der Waals surface area contributed by atoms with Crippen molar-refractivity contribution in [3.63, 3.8) is 0 Å². The number of Topliss-reactive ketones (excluding diaryl/α,β-unsaturated/α-hetero) is 1. The number of nitrogens with zero attached hydrogens (tertiary/aromatic N) is 4. The number of amides is 1. The molecule has 0 spiro atoms. The number of nitrogens with one attached hydrogen (secondary N) is 1. The zero-order valence-electron chi connectivity index (χ0n) is 16.0. The summed E-state index contributed by atoms with van der Waals surface area (Å²) in [5.74, 6) is 0.683. The molecule has 27 heavy (non-hydrogen) atoms. The van der Waals surface area contributed by atoms with E-state index in [9.17, 15) is 9.59 Å². The van der Waals surface area contributed by atoms with Crippen molar-refractivity contribution in [2.24, 2.45) is 0 Å². The number of aryl methyl sites for hydroxylation is 2. The maximum absolute atomic E-state index is 12.4. The van der Waals surface area contributed by atoms with E-state index in [2.05, 4.69) is 15.4 Å². The molecule has 0 aliphatic heterocycles. The van der Waals surface area contributed by atoms with Crippen LogP contribution in [0.25, 0.3) is 5.69 Å². The molecule has 0 bridgehead atoms. The highest BCUT2D eigenvalue weighted by Crippen LogP contribution is 2.16. The van der Waals surface area contributed by atoms with Crippen molar-refractivity contribution in [2.75, 3.05) is 0 Å².